The summed E-state index contributed by atoms with van der Waals surface area (Å²) in [5.74, 6) is 0.794. The van der Waals surface area contributed by atoms with Gasteiger partial charge < -0.3 is 19.6 Å². The number of carbonyl (C=O) groups excluding carboxylic acids is 1. The van der Waals surface area contributed by atoms with Crippen LogP contribution < -0.4 is 15.2 Å². The van der Waals surface area contributed by atoms with Crippen LogP contribution in [0.1, 0.15) is 21.9 Å². The van der Waals surface area contributed by atoms with Gasteiger partial charge in [-0.25, -0.2) is 0 Å². The third-order valence-corrected chi connectivity index (χ3v) is 3.92. The molecule has 7 heteroatoms. The fourth-order valence-electron chi connectivity index (χ4n) is 2.52. The first kappa shape index (κ1) is 18.4. The summed E-state index contributed by atoms with van der Waals surface area (Å²) < 4.78 is 39.7. The molecule has 5 nitrogen and oxygen atoms in total. The molecule has 1 aromatic heterocycles. The quantitative estimate of drug-likeness (QED) is 0.660. The lowest BCUT2D eigenvalue weighted by Gasteiger charge is -2.08. The standard InChI is InChI=1S/C20H17F2NO4/c1-12-15(10-18(26-12)19(23)24)11-25-16-6-2-13(3-7-16)14-4-8-17(9-5-14)27-20(21)22/h2-10,20H,11H2,1H3,(H2,23,24). The molecule has 0 saturated carbocycles. The number of furan rings is 1. The first-order valence-corrected chi connectivity index (χ1v) is 8.09. The van der Waals surface area contributed by atoms with Crippen LogP contribution in [0.25, 0.3) is 11.1 Å². The van der Waals surface area contributed by atoms with Gasteiger partial charge in [-0.15, -0.1) is 0 Å². The van der Waals surface area contributed by atoms with Gasteiger partial charge in [0.2, 0.25) is 0 Å². The molecule has 0 saturated heterocycles. The normalized spacial score (nSPS) is 10.8. The minimum Gasteiger partial charge on any atom is -0.489 e. The maximum absolute atomic E-state index is 12.2. The van der Waals surface area contributed by atoms with Crippen LogP contribution in [0.3, 0.4) is 0 Å². The van der Waals surface area contributed by atoms with Gasteiger partial charge in [0.15, 0.2) is 5.76 Å². The number of rotatable bonds is 7. The number of hydrogen-bond donors (Lipinski definition) is 1. The lowest BCUT2D eigenvalue weighted by Crippen LogP contribution is -2.09. The van der Waals surface area contributed by atoms with Crippen LogP contribution in [0.2, 0.25) is 0 Å². The molecule has 0 bridgehead atoms. The Bertz CT molecular complexity index is 918. The van der Waals surface area contributed by atoms with Crippen molar-refractivity contribution in [3.8, 4) is 22.6 Å². The van der Waals surface area contributed by atoms with Crippen molar-refractivity contribution < 1.29 is 27.5 Å². The van der Waals surface area contributed by atoms with Crippen LogP contribution in [0, 0.1) is 6.92 Å². The van der Waals surface area contributed by atoms with E-state index in [1.807, 2.05) is 12.1 Å². The number of carbonyl (C=O) groups is 1. The molecule has 3 rings (SSSR count). The van der Waals surface area contributed by atoms with Crippen LogP contribution in [0.4, 0.5) is 8.78 Å². The van der Waals surface area contributed by atoms with Crippen molar-refractivity contribution >= 4 is 5.91 Å². The number of hydrogen-bond acceptors (Lipinski definition) is 4. The third kappa shape index (κ3) is 4.63. The van der Waals surface area contributed by atoms with Crippen LogP contribution in [-0.2, 0) is 6.61 Å². The summed E-state index contributed by atoms with van der Waals surface area (Å²) in [7, 11) is 0. The molecule has 27 heavy (non-hydrogen) atoms. The second-order valence-corrected chi connectivity index (χ2v) is 5.77. The SMILES string of the molecule is Cc1oc(C(N)=O)cc1COc1ccc(-c2ccc(OC(F)F)cc2)cc1. The summed E-state index contributed by atoms with van der Waals surface area (Å²) in [4.78, 5) is 11.1. The fourth-order valence-corrected chi connectivity index (χ4v) is 2.52. The summed E-state index contributed by atoms with van der Waals surface area (Å²) in [5, 5.41) is 0. The minimum absolute atomic E-state index is 0.0979. The zero-order valence-electron chi connectivity index (χ0n) is 14.4. The van der Waals surface area contributed by atoms with Crippen molar-refractivity contribution in [1.82, 2.24) is 0 Å². The van der Waals surface area contributed by atoms with E-state index in [1.54, 1.807) is 37.3 Å². The van der Waals surface area contributed by atoms with E-state index >= 15 is 0 Å². The van der Waals surface area contributed by atoms with Gasteiger partial charge >= 0.3 is 6.61 Å². The highest BCUT2D eigenvalue weighted by molar-refractivity contribution is 5.90. The Balaban J connectivity index is 1.64. The predicted octanol–water partition coefficient (Wildman–Crippen LogP) is 4.53. The van der Waals surface area contributed by atoms with Gasteiger partial charge in [0, 0.05) is 5.56 Å². The van der Waals surface area contributed by atoms with E-state index in [-0.39, 0.29) is 18.1 Å². The molecule has 0 atom stereocenters. The summed E-state index contributed by atoms with van der Waals surface area (Å²) in [6.45, 7) is -0.873. The zero-order valence-corrected chi connectivity index (χ0v) is 14.4. The highest BCUT2D eigenvalue weighted by atomic mass is 19.3. The van der Waals surface area contributed by atoms with Crippen LogP contribution in [-0.4, -0.2) is 12.5 Å². The van der Waals surface area contributed by atoms with Crippen molar-refractivity contribution in [3.05, 3.63) is 71.7 Å². The summed E-state index contributed by atoms with van der Waals surface area (Å²) in [6, 6.07) is 15.3. The predicted molar refractivity (Wildman–Crippen MR) is 94.8 cm³/mol. The second-order valence-electron chi connectivity index (χ2n) is 5.77. The molecule has 140 valence electrons. The largest absolute Gasteiger partial charge is 0.489 e. The minimum atomic E-state index is -2.84. The Kier molecular flexibility index (Phi) is 5.40. The van der Waals surface area contributed by atoms with Crippen molar-refractivity contribution in [2.75, 3.05) is 0 Å². The molecule has 1 heterocycles. The van der Waals surface area contributed by atoms with Gasteiger partial charge in [-0.2, -0.15) is 8.78 Å². The monoisotopic (exact) mass is 373 g/mol. The molecule has 0 spiro atoms. The lowest BCUT2D eigenvalue weighted by molar-refractivity contribution is -0.0498. The Labute approximate surface area is 154 Å². The van der Waals surface area contributed by atoms with E-state index in [2.05, 4.69) is 4.74 Å². The van der Waals surface area contributed by atoms with Gasteiger partial charge in [-0.3, -0.25) is 4.79 Å². The lowest BCUT2D eigenvalue weighted by atomic mass is 10.1. The number of nitrogens with two attached hydrogens (primary N) is 1. The van der Waals surface area contributed by atoms with Crippen LogP contribution in [0.15, 0.2) is 59.0 Å². The summed E-state index contributed by atoms with van der Waals surface area (Å²) in [6.07, 6.45) is 0. The molecule has 0 fully saturated rings. The average molecular weight is 373 g/mol. The topological polar surface area (TPSA) is 74.7 Å². The number of amides is 1. The van der Waals surface area contributed by atoms with Crippen molar-refractivity contribution in [2.24, 2.45) is 5.73 Å². The third-order valence-electron chi connectivity index (χ3n) is 3.92. The number of halogens is 2. The van der Waals surface area contributed by atoms with Gasteiger partial charge in [-0.05, 0) is 48.4 Å². The Hall–Kier alpha value is -3.35. The second kappa shape index (κ2) is 7.90. The van der Waals surface area contributed by atoms with Crippen molar-refractivity contribution in [2.45, 2.75) is 20.1 Å². The molecule has 0 aliphatic heterocycles. The fraction of sp³-hybridized carbons (Fsp3) is 0.150. The molecule has 3 aromatic rings. The van der Waals surface area contributed by atoms with E-state index in [0.717, 1.165) is 16.7 Å². The molecular formula is C20H17F2NO4. The molecular weight excluding hydrogens is 356 g/mol. The average Bonchev–Trinajstić information content (AvgIpc) is 3.02. The number of primary amides is 1. The van der Waals surface area contributed by atoms with Crippen molar-refractivity contribution in [3.63, 3.8) is 0 Å². The van der Waals surface area contributed by atoms with Gasteiger partial charge in [-0.1, -0.05) is 24.3 Å². The molecule has 0 aliphatic rings. The molecule has 0 unspecified atom stereocenters. The first-order chi connectivity index (χ1) is 12.9. The Morgan fingerprint density at radius 2 is 1.59 bits per heavy atom. The number of ether oxygens (including phenoxy) is 2. The van der Waals surface area contributed by atoms with Crippen molar-refractivity contribution in [1.29, 1.82) is 0 Å². The molecule has 0 radical (unpaired) electrons. The van der Waals surface area contributed by atoms with Crippen LogP contribution in [0.5, 0.6) is 11.5 Å². The maximum atomic E-state index is 12.2. The van der Waals surface area contributed by atoms with E-state index < -0.39 is 12.5 Å². The Morgan fingerprint density at radius 1 is 1.04 bits per heavy atom. The van der Waals surface area contributed by atoms with E-state index in [9.17, 15) is 13.6 Å². The van der Waals surface area contributed by atoms with Gasteiger partial charge in [0.25, 0.3) is 5.91 Å². The van der Waals surface area contributed by atoms with Gasteiger partial charge in [0.1, 0.15) is 23.9 Å². The smallest absolute Gasteiger partial charge is 0.387 e. The highest BCUT2D eigenvalue weighted by Crippen LogP contribution is 2.26. The summed E-state index contributed by atoms with van der Waals surface area (Å²) >= 11 is 0. The molecule has 0 aliphatic carbocycles. The molecule has 2 N–H and O–H groups in total. The first-order valence-electron chi connectivity index (χ1n) is 8.09. The Morgan fingerprint density at radius 3 is 2.07 bits per heavy atom. The van der Waals surface area contributed by atoms with Gasteiger partial charge in [0.05, 0.1) is 0 Å². The highest BCUT2D eigenvalue weighted by Gasteiger charge is 2.12. The number of aryl methyl sites for hydroxylation is 1. The molecule has 2 aromatic carbocycles. The summed E-state index contributed by atoms with van der Waals surface area (Å²) in [5.41, 5.74) is 7.69. The molecule has 1 amide bonds. The van der Waals surface area contributed by atoms with Crippen LogP contribution >= 0.6 is 0 Å². The van der Waals surface area contributed by atoms with E-state index in [1.165, 1.54) is 12.1 Å². The number of alkyl halides is 2. The van der Waals surface area contributed by atoms with E-state index in [0.29, 0.717) is 11.5 Å². The van der Waals surface area contributed by atoms with E-state index in [4.69, 9.17) is 14.9 Å². The maximum Gasteiger partial charge on any atom is 0.387 e. The number of benzene rings is 2. The zero-order chi connectivity index (χ0) is 19.4.